The highest BCUT2D eigenvalue weighted by Crippen LogP contribution is 2.01. The minimum absolute atomic E-state index is 0.572. The van der Waals surface area contributed by atoms with Crippen LogP contribution in [0.4, 0.5) is 5.82 Å². The van der Waals surface area contributed by atoms with Crippen molar-refractivity contribution in [3.8, 4) is 0 Å². The number of aromatic amines is 1. The standard InChI is InChI=1S/C6H5N3.C5H6N2/c1-2-5-6(7-3-1)9-4-8-5;6-5-3-1-2-4-7-5/h1-4H,(H,7,8,9);1-4H,(H2,6,7). The summed E-state index contributed by atoms with van der Waals surface area (Å²) in [6.07, 6.45) is 5.02. The molecule has 80 valence electrons. The molecule has 16 heavy (non-hydrogen) atoms. The first-order valence-corrected chi connectivity index (χ1v) is 4.77. The van der Waals surface area contributed by atoms with Crippen LogP contribution in [0.5, 0.6) is 0 Å². The molecule has 0 unspecified atom stereocenters. The number of nitrogens with two attached hydrogens (primary N) is 1. The molecule has 0 aliphatic carbocycles. The molecule has 0 saturated carbocycles. The molecule has 0 spiro atoms. The lowest BCUT2D eigenvalue weighted by molar-refractivity contribution is 1.30. The molecule has 3 aromatic rings. The van der Waals surface area contributed by atoms with Crippen LogP contribution in [0.25, 0.3) is 11.2 Å². The second-order valence-corrected chi connectivity index (χ2v) is 3.03. The van der Waals surface area contributed by atoms with E-state index in [-0.39, 0.29) is 0 Å². The van der Waals surface area contributed by atoms with E-state index in [1.165, 1.54) is 0 Å². The minimum Gasteiger partial charge on any atom is -0.384 e. The highest BCUT2D eigenvalue weighted by Gasteiger charge is 1.90. The highest BCUT2D eigenvalue weighted by atomic mass is 14.9. The molecule has 0 aliphatic rings. The van der Waals surface area contributed by atoms with Crippen molar-refractivity contribution in [3.05, 3.63) is 49.1 Å². The molecule has 0 aliphatic heterocycles. The SMILES string of the molecule is Nc1ccccn1.c1cnc2nc[nH]c2c1. The van der Waals surface area contributed by atoms with E-state index < -0.39 is 0 Å². The smallest absolute Gasteiger partial charge is 0.177 e. The average molecular weight is 213 g/mol. The van der Waals surface area contributed by atoms with Gasteiger partial charge in [-0.05, 0) is 24.3 Å². The number of imidazole rings is 1. The van der Waals surface area contributed by atoms with Crippen molar-refractivity contribution in [3.63, 3.8) is 0 Å². The summed E-state index contributed by atoms with van der Waals surface area (Å²) in [6, 6.07) is 9.24. The molecule has 5 nitrogen and oxygen atoms in total. The topological polar surface area (TPSA) is 80.5 Å². The number of nitrogens with one attached hydrogen (secondary N) is 1. The van der Waals surface area contributed by atoms with Gasteiger partial charge in [0.15, 0.2) is 5.65 Å². The maximum atomic E-state index is 5.25. The van der Waals surface area contributed by atoms with Crippen molar-refractivity contribution in [2.45, 2.75) is 0 Å². The summed E-state index contributed by atoms with van der Waals surface area (Å²) in [5.74, 6) is 0.572. The van der Waals surface area contributed by atoms with Crippen molar-refractivity contribution in [2.75, 3.05) is 5.73 Å². The first kappa shape index (κ1) is 10.1. The van der Waals surface area contributed by atoms with Gasteiger partial charge in [-0.3, -0.25) is 0 Å². The van der Waals surface area contributed by atoms with Gasteiger partial charge in [-0.1, -0.05) is 6.07 Å². The van der Waals surface area contributed by atoms with Crippen LogP contribution in [0.15, 0.2) is 49.1 Å². The van der Waals surface area contributed by atoms with Crippen molar-refractivity contribution >= 4 is 17.0 Å². The lowest BCUT2D eigenvalue weighted by Crippen LogP contribution is -1.85. The number of hydrogen-bond acceptors (Lipinski definition) is 4. The second kappa shape index (κ2) is 4.88. The van der Waals surface area contributed by atoms with Crippen LogP contribution < -0.4 is 5.73 Å². The fourth-order valence-electron chi connectivity index (χ4n) is 1.15. The van der Waals surface area contributed by atoms with Gasteiger partial charge in [0.1, 0.15) is 5.82 Å². The summed E-state index contributed by atoms with van der Waals surface area (Å²) in [4.78, 5) is 14.7. The first-order valence-electron chi connectivity index (χ1n) is 4.77. The number of nitrogens with zero attached hydrogens (tertiary/aromatic N) is 3. The number of aromatic nitrogens is 4. The zero-order valence-electron chi connectivity index (χ0n) is 8.54. The predicted molar refractivity (Wildman–Crippen MR) is 62.5 cm³/mol. The van der Waals surface area contributed by atoms with Crippen LogP contribution in [0.2, 0.25) is 0 Å². The van der Waals surface area contributed by atoms with Gasteiger partial charge in [0.25, 0.3) is 0 Å². The maximum absolute atomic E-state index is 5.25. The molecule has 0 saturated heterocycles. The summed E-state index contributed by atoms with van der Waals surface area (Å²) in [5, 5.41) is 0. The van der Waals surface area contributed by atoms with Gasteiger partial charge >= 0.3 is 0 Å². The third kappa shape index (κ3) is 2.54. The lowest BCUT2D eigenvalue weighted by Gasteiger charge is -1.82. The van der Waals surface area contributed by atoms with Crippen LogP contribution in [0.3, 0.4) is 0 Å². The molecule has 0 aromatic carbocycles. The van der Waals surface area contributed by atoms with Gasteiger partial charge in [-0.15, -0.1) is 0 Å². The Bertz CT molecular complexity index is 516. The summed E-state index contributed by atoms with van der Waals surface area (Å²) < 4.78 is 0. The predicted octanol–water partition coefficient (Wildman–Crippen LogP) is 1.62. The molecular formula is C11H11N5. The van der Waals surface area contributed by atoms with Crippen LogP contribution in [0, 0.1) is 0 Å². The molecular weight excluding hydrogens is 202 g/mol. The van der Waals surface area contributed by atoms with Crippen molar-refractivity contribution in [1.29, 1.82) is 0 Å². The van der Waals surface area contributed by atoms with Crippen molar-refractivity contribution in [2.24, 2.45) is 0 Å². The molecule has 3 rings (SSSR count). The first-order chi connectivity index (χ1) is 7.86. The number of H-pyrrole nitrogens is 1. The molecule has 0 bridgehead atoms. The fraction of sp³-hybridized carbons (Fsp3) is 0. The Kier molecular flexibility index (Phi) is 3.08. The van der Waals surface area contributed by atoms with Crippen LogP contribution in [-0.4, -0.2) is 19.9 Å². The molecule has 3 heterocycles. The van der Waals surface area contributed by atoms with E-state index in [9.17, 15) is 0 Å². The van der Waals surface area contributed by atoms with E-state index in [0.717, 1.165) is 11.2 Å². The van der Waals surface area contributed by atoms with E-state index in [1.807, 2.05) is 24.3 Å². The molecule has 0 fully saturated rings. The zero-order valence-corrected chi connectivity index (χ0v) is 8.54. The van der Waals surface area contributed by atoms with Crippen LogP contribution in [-0.2, 0) is 0 Å². The summed E-state index contributed by atoms with van der Waals surface area (Å²) >= 11 is 0. The number of hydrogen-bond donors (Lipinski definition) is 2. The number of rotatable bonds is 0. The third-order valence-electron chi connectivity index (χ3n) is 1.88. The summed E-state index contributed by atoms with van der Waals surface area (Å²) in [7, 11) is 0. The molecule has 0 amide bonds. The number of pyridine rings is 2. The Balaban J connectivity index is 0.000000125. The zero-order chi connectivity index (χ0) is 11.2. The van der Waals surface area contributed by atoms with E-state index in [1.54, 1.807) is 24.8 Å². The maximum Gasteiger partial charge on any atom is 0.177 e. The molecule has 3 aromatic heterocycles. The number of anilines is 1. The number of nitrogen functional groups attached to an aromatic ring is 1. The second-order valence-electron chi connectivity index (χ2n) is 3.03. The van der Waals surface area contributed by atoms with Gasteiger partial charge in [0.05, 0.1) is 11.8 Å². The quantitative estimate of drug-likeness (QED) is 0.594. The summed E-state index contributed by atoms with van der Waals surface area (Å²) in [5.41, 5.74) is 7.01. The Morgan fingerprint density at radius 2 is 1.81 bits per heavy atom. The molecule has 0 atom stereocenters. The number of fused-ring (bicyclic) bond motifs is 1. The Morgan fingerprint density at radius 3 is 2.44 bits per heavy atom. The average Bonchev–Trinajstić information content (AvgIpc) is 2.79. The van der Waals surface area contributed by atoms with E-state index >= 15 is 0 Å². The largest absolute Gasteiger partial charge is 0.384 e. The Hall–Kier alpha value is -2.43. The van der Waals surface area contributed by atoms with Crippen molar-refractivity contribution < 1.29 is 0 Å². The van der Waals surface area contributed by atoms with Gasteiger partial charge in [0.2, 0.25) is 0 Å². The van der Waals surface area contributed by atoms with Gasteiger partial charge in [-0.2, -0.15) is 0 Å². The normalized spacial score (nSPS) is 9.50. The van der Waals surface area contributed by atoms with Crippen LogP contribution >= 0.6 is 0 Å². The molecule has 0 radical (unpaired) electrons. The van der Waals surface area contributed by atoms with Gasteiger partial charge in [0, 0.05) is 12.4 Å². The van der Waals surface area contributed by atoms with Gasteiger partial charge < -0.3 is 10.7 Å². The van der Waals surface area contributed by atoms with Gasteiger partial charge in [-0.25, -0.2) is 15.0 Å². The van der Waals surface area contributed by atoms with Crippen LogP contribution in [0.1, 0.15) is 0 Å². The summed E-state index contributed by atoms with van der Waals surface area (Å²) in [6.45, 7) is 0. The lowest BCUT2D eigenvalue weighted by atomic mass is 10.4. The fourth-order valence-corrected chi connectivity index (χ4v) is 1.15. The minimum atomic E-state index is 0.572. The highest BCUT2D eigenvalue weighted by molar-refractivity contribution is 5.68. The van der Waals surface area contributed by atoms with E-state index in [4.69, 9.17) is 5.73 Å². The molecule has 5 heteroatoms. The van der Waals surface area contributed by atoms with E-state index in [2.05, 4.69) is 19.9 Å². The monoisotopic (exact) mass is 213 g/mol. The molecule has 3 N–H and O–H groups in total. The Morgan fingerprint density at radius 1 is 0.938 bits per heavy atom. The third-order valence-corrected chi connectivity index (χ3v) is 1.88. The van der Waals surface area contributed by atoms with E-state index in [0.29, 0.717) is 5.82 Å². The Labute approximate surface area is 92.4 Å². The van der Waals surface area contributed by atoms with Crippen molar-refractivity contribution in [1.82, 2.24) is 19.9 Å².